The Morgan fingerprint density at radius 2 is 2.35 bits per heavy atom. The number of carbonyl (C=O) groups is 1. The largest absolute Gasteiger partial charge is 0.370 e. The first-order valence-electron chi connectivity index (χ1n) is 5.05. The van der Waals surface area contributed by atoms with E-state index in [-0.39, 0.29) is 12.6 Å². The average Bonchev–Trinajstić information content (AvgIpc) is 2.56. The van der Waals surface area contributed by atoms with Crippen molar-refractivity contribution in [2.24, 2.45) is 5.73 Å². The van der Waals surface area contributed by atoms with Crippen molar-refractivity contribution in [3.8, 4) is 0 Å². The Bertz CT molecular complexity index is 384. The van der Waals surface area contributed by atoms with Crippen LogP contribution in [0.1, 0.15) is 18.5 Å². The monoisotopic (exact) mass is 296 g/mol. The number of halogens is 2. The Labute approximate surface area is 114 Å². The van der Waals surface area contributed by atoms with E-state index in [0.717, 1.165) is 5.56 Å². The van der Waals surface area contributed by atoms with Gasteiger partial charge in [0, 0.05) is 12.6 Å². The van der Waals surface area contributed by atoms with E-state index in [0.29, 0.717) is 21.8 Å². The van der Waals surface area contributed by atoms with E-state index in [1.54, 1.807) is 0 Å². The van der Waals surface area contributed by atoms with Crippen LogP contribution in [-0.4, -0.2) is 25.7 Å². The van der Waals surface area contributed by atoms with Gasteiger partial charge in [0.25, 0.3) is 0 Å². The van der Waals surface area contributed by atoms with Crippen LogP contribution in [0.5, 0.6) is 0 Å². The third-order valence-corrected chi connectivity index (χ3v) is 3.61. The minimum atomic E-state index is -0.467. The maximum Gasteiger partial charge on any atom is 0.243 e. The summed E-state index contributed by atoms with van der Waals surface area (Å²) < 4.78 is 6.38. The van der Waals surface area contributed by atoms with E-state index in [9.17, 15) is 4.79 Å². The zero-order chi connectivity index (χ0) is 12.8. The number of nitrogens with one attached hydrogen (secondary N) is 1. The molecule has 3 N–H and O–H groups in total. The molecule has 1 aromatic rings. The summed E-state index contributed by atoms with van der Waals surface area (Å²) in [7, 11) is 0. The summed E-state index contributed by atoms with van der Waals surface area (Å²) in [6.07, 6.45) is 0. The summed E-state index contributed by atoms with van der Waals surface area (Å²) >= 11 is 13.2. The van der Waals surface area contributed by atoms with E-state index in [4.69, 9.17) is 33.7 Å². The third-order valence-electron chi connectivity index (χ3n) is 2.09. The van der Waals surface area contributed by atoms with Crippen molar-refractivity contribution in [2.45, 2.75) is 13.0 Å². The number of ether oxygens (including phenoxy) is 1. The second-order valence-corrected chi connectivity index (χ2v) is 5.76. The van der Waals surface area contributed by atoms with Crippen molar-refractivity contribution in [1.82, 2.24) is 5.32 Å². The topological polar surface area (TPSA) is 64.3 Å². The lowest BCUT2D eigenvalue weighted by atomic mass is 10.2. The van der Waals surface area contributed by atoms with Crippen molar-refractivity contribution in [1.29, 1.82) is 0 Å². The van der Waals surface area contributed by atoms with Crippen molar-refractivity contribution >= 4 is 40.4 Å². The first-order chi connectivity index (χ1) is 8.00. The zero-order valence-electron chi connectivity index (χ0n) is 9.33. The summed E-state index contributed by atoms with van der Waals surface area (Å²) in [4.78, 5) is 10.4. The smallest absolute Gasteiger partial charge is 0.243 e. The van der Waals surface area contributed by atoms with E-state index in [1.165, 1.54) is 11.3 Å². The summed E-state index contributed by atoms with van der Waals surface area (Å²) in [6, 6.07) is 1.93. The molecule has 0 aliphatic carbocycles. The molecule has 0 aliphatic rings. The maximum atomic E-state index is 10.4. The van der Waals surface area contributed by atoms with Gasteiger partial charge < -0.3 is 15.8 Å². The van der Waals surface area contributed by atoms with Gasteiger partial charge in [-0.3, -0.25) is 4.79 Å². The number of carbonyl (C=O) groups excluding carboxylic acids is 1. The van der Waals surface area contributed by atoms with Gasteiger partial charge in [0.05, 0.1) is 15.3 Å². The van der Waals surface area contributed by atoms with Crippen molar-refractivity contribution in [3.63, 3.8) is 0 Å². The van der Waals surface area contributed by atoms with Crippen molar-refractivity contribution in [2.75, 3.05) is 19.8 Å². The Hall–Kier alpha value is -0.330. The minimum Gasteiger partial charge on any atom is -0.370 e. The second kappa shape index (κ2) is 7.18. The lowest BCUT2D eigenvalue weighted by Gasteiger charge is -2.12. The molecule has 0 saturated heterocycles. The fraction of sp³-hybridized carbons (Fsp3) is 0.500. The highest BCUT2D eigenvalue weighted by Gasteiger charge is 2.12. The number of thiophene rings is 1. The molecule has 0 aromatic carbocycles. The quantitative estimate of drug-likeness (QED) is 0.758. The van der Waals surface area contributed by atoms with Crippen LogP contribution in [0, 0.1) is 0 Å². The summed E-state index contributed by atoms with van der Waals surface area (Å²) in [6.45, 7) is 2.96. The van der Waals surface area contributed by atoms with Gasteiger partial charge in [-0.25, -0.2) is 0 Å². The van der Waals surface area contributed by atoms with Crippen molar-refractivity contribution < 1.29 is 9.53 Å². The molecule has 1 atom stereocenters. The molecule has 0 radical (unpaired) electrons. The first-order valence-corrected chi connectivity index (χ1v) is 6.62. The van der Waals surface area contributed by atoms with Gasteiger partial charge >= 0.3 is 0 Å². The number of hydrogen-bond acceptors (Lipinski definition) is 4. The van der Waals surface area contributed by atoms with E-state index in [2.05, 4.69) is 5.32 Å². The Morgan fingerprint density at radius 3 is 2.88 bits per heavy atom. The first kappa shape index (κ1) is 14.7. The lowest BCUT2D eigenvalue weighted by molar-refractivity contribution is -0.122. The van der Waals surface area contributed by atoms with Gasteiger partial charge in [0.15, 0.2) is 0 Å². The molecule has 0 bridgehead atoms. The molecule has 0 aliphatic heterocycles. The van der Waals surface area contributed by atoms with Gasteiger partial charge in [-0.15, -0.1) is 11.3 Å². The Morgan fingerprint density at radius 1 is 1.65 bits per heavy atom. The number of primary amides is 1. The molecule has 1 unspecified atom stereocenters. The van der Waals surface area contributed by atoms with Gasteiger partial charge in [0.1, 0.15) is 6.61 Å². The lowest BCUT2D eigenvalue weighted by Crippen LogP contribution is -2.25. The fourth-order valence-corrected chi connectivity index (χ4v) is 2.92. The molecule has 1 rings (SSSR count). The van der Waals surface area contributed by atoms with E-state index in [1.807, 2.05) is 13.0 Å². The highest BCUT2D eigenvalue weighted by atomic mass is 35.5. The predicted molar refractivity (Wildman–Crippen MR) is 70.8 cm³/mol. The maximum absolute atomic E-state index is 10.4. The molecular formula is C10H14Cl2N2O2S. The molecule has 1 aromatic heterocycles. The standard InChI is InChI=1S/C10H14Cl2N2O2S/c1-6(7-4-8(11)17-10(7)12)14-2-3-16-5-9(13)15/h4,6,14H,2-3,5H2,1H3,(H2,13,15). The van der Waals surface area contributed by atoms with E-state index < -0.39 is 5.91 Å². The minimum absolute atomic E-state index is 0.0545. The number of hydrogen-bond donors (Lipinski definition) is 2. The van der Waals surface area contributed by atoms with Crippen LogP contribution in [0.4, 0.5) is 0 Å². The summed E-state index contributed by atoms with van der Waals surface area (Å²) in [5.41, 5.74) is 5.90. The molecule has 4 nitrogen and oxygen atoms in total. The molecule has 1 heterocycles. The highest BCUT2D eigenvalue weighted by molar-refractivity contribution is 7.20. The van der Waals surface area contributed by atoms with Crippen LogP contribution in [0.3, 0.4) is 0 Å². The van der Waals surface area contributed by atoms with E-state index >= 15 is 0 Å². The van der Waals surface area contributed by atoms with Crippen LogP contribution in [0.2, 0.25) is 8.67 Å². The molecule has 96 valence electrons. The van der Waals surface area contributed by atoms with Gasteiger partial charge in [-0.2, -0.15) is 0 Å². The highest BCUT2D eigenvalue weighted by Crippen LogP contribution is 2.34. The second-order valence-electron chi connectivity index (χ2n) is 3.47. The Kier molecular flexibility index (Phi) is 6.22. The number of amides is 1. The third kappa shape index (κ3) is 5.23. The van der Waals surface area contributed by atoms with Gasteiger partial charge in [0.2, 0.25) is 5.91 Å². The van der Waals surface area contributed by atoms with Crippen LogP contribution in [-0.2, 0) is 9.53 Å². The van der Waals surface area contributed by atoms with Crippen LogP contribution in [0.25, 0.3) is 0 Å². The molecule has 0 fully saturated rings. The summed E-state index contributed by atoms with van der Waals surface area (Å²) in [5.74, 6) is -0.467. The average molecular weight is 297 g/mol. The molecule has 0 spiro atoms. The summed E-state index contributed by atoms with van der Waals surface area (Å²) in [5, 5.41) is 3.21. The van der Waals surface area contributed by atoms with Gasteiger partial charge in [-0.05, 0) is 18.6 Å². The molecule has 1 amide bonds. The molecule has 0 saturated carbocycles. The molecule has 7 heteroatoms. The number of rotatable bonds is 7. The van der Waals surface area contributed by atoms with Crippen LogP contribution in [0.15, 0.2) is 6.07 Å². The van der Waals surface area contributed by atoms with Crippen LogP contribution < -0.4 is 11.1 Å². The fourth-order valence-electron chi connectivity index (χ4n) is 1.28. The van der Waals surface area contributed by atoms with Gasteiger partial charge in [-0.1, -0.05) is 23.2 Å². The normalized spacial score (nSPS) is 12.6. The Balaban J connectivity index is 2.28. The SMILES string of the molecule is CC(NCCOCC(N)=O)c1cc(Cl)sc1Cl. The molecular weight excluding hydrogens is 283 g/mol. The predicted octanol–water partition coefficient (Wildman–Crippen LogP) is 2.21. The molecule has 17 heavy (non-hydrogen) atoms. The number of nitrogens with two attached hydrogens (primary N) is 1. The zero-order valence-corrected chi connectivity index (χ0v) is 11.7. The van der Waals surface area contributed by atoms with Crippen molar-refractivity contribution in [3.05, 3.63) is 20.3 Å². The van der Waals surface area contributed by atoms with Crippen LogP contribution >= 0.6 is 34.5 Å².